The lowest BCUT2D eigenvalue weighted by molar-refractivity contribution is -0.122. The van der Waals surface area contributed by atoms with Crippen molar-refractivity contribution in [2.45, 2.75) is 20.1 Å². The van der Waals surface area contributed by atoms with E-state index in [1.54, 1.807) is 0 Å². The van der Waals surface area contributed by atoms with Crippen LogP contribution in [0, 0.1) is 0 Å². The summed E-state index contributed by atoms with van der Waals surface area (Å²) in [7, 11) is 0. The van der Waals surface area contributed by atoms with Gasteiger partial charge >= 0.3 is 0 Å². The van der Waals surface area contributed by atoms with Gasteiger partial charge in [0, 0.05) is 39.3 Å². The third-order valence-corrected chi connectivity index (χ3v) is 3.56. The Labute approximate surface area is 126 Å². The summed E-state index contributed by atoms with van der Waals surface area (Å²) in [4.78, 5) is 14.1. The molecule has 5 nitrogen and oxygen atoms in total. The third kappa shape index (κ3) is 5.83. The zero-order chi connectivity index (χ0) is 14.9. The highest BCUT2D eigenvalue weighted by Gasteiger charge is 2.12. The SMILES string of the molecule is CCOCc1ccc(CNC(=O)CN2CCNCC2)cc1. The van der Waals surface area contributed by atoms with Gasteiger partial charge in [0.25, 0.3) is 0 Å². The molecular weight excluding hydrogens is 266 g/mol. The minimum Gasteiger partial charge on any atom is -0.377 e. The molecular formula is C16H25N3O2. The molecule has 0 saturated carbocycles. The van der Waals surface area contributed by atoms with Gasteiger partial charge in [-0.1, -0.05) is 24.3 Å². The number of benzene rings is 1. The summed E-state index contributed by atoms with van der Waals surface area (Å²) in [5.74, 6) is 0.0929. The smallest absolute Gasteiger partial charge is 0.234 e. The predicted molar refractivity (Wildman–Crippen MR) is 82.9 cm³/mol. The van der Waals surface area contributed by atoms with Crippen LogP contribution in [0.5, 0.6) is 0 Å². The number of carbonyl (C=O) groups excluding carboxylic acids is 1. The first kappa shape index (κ1) is 15.9. The molecule has 0 bridgehead atoms. The number of carbonyl (C=O) groups is 1. The fourth-order valence-electron chi connectivity index (χ4n) is 2.30. The summed E-state index contributed by atoms with van der Waals surface area (Å²) in [6, 6.07) is 8.18. The van der Waals surface area contributed by atoms with E-state index >= 15 is 0 Å². The fraction of sp³-hybridized carbons (Fsp3) is 0.562. The van der Waals surface area contributed by atoms with Crippen LogP contribution in [0.1, 0.15) is 18.1 Å². The van der Waals surface area contributed by atoms with Gasteiger partial charge < -0.3 is 15.4 Å². The summed E-state index contributed by atoms with van der Waals surface area (Å²) in [5, 5.41) is 6.26. The molecule has 0 aromatic heterocycles. The number of ether oxygens (including phenoxy) is 1. The van der Waals surface area contributed by atoms with E-state index < -0.39 is 0 Å². The maximum atomic E-state index is 11.9. The van der Waals surface area contributed by atoms with Crippen molar-refractivity contribution in [2.24, 2.45) is 0 Å². The number of amides is 1. The van der Waals surface area contributed by atoms with Crippen molar-refractivity contribution >= 4 is 5.91 Å². The normalized spacial score (nSPS) is 15.9. The second kappa shape index (κ2) is 8.77. The minimum atomic E-state index is 0.0929. The van der Waals surface area contributed by atoms with Crippen LogP contribution in [-0.2, 0) is 22.7 Å². The highest BCUT2D eigenvalue weighted by molar-refractivity contribution is 5.78. The van der Waals surface area contributed by atoms with E-state index in [1.807, 2.05) is 31.2 Å². The van der Waals surface area contributed by atoms with Crippen molar-refractivity contribution in [2.75, 3.05) is 39.3 Å². The Morgan fingerprint density at radius 2 is 1.90 bits per heavy atom. The van der Waals surface area contributed by atoms with E-state index in [0.29, 0.717) is 19.7 Å². The Balaban J connectivity index is 1.70. The van der Waals surface area contributed by atoms with Crippen molar-refractivity contribution in [3.05, 3.63) is 35.4 Å². The number of nitrogens with one attached hydrogen (secondary N) is 2. The summed E-state index contributed by atoms with van der Waals surface area (Å²) in [5.41, 5.74) is 2.27. The summed E-state index contributed by atoms with van der Waals surface area (Å²) >= 11 is 0. The van der Waals surface area contributed by atoms with Crippen LogP contribution in [-0.4, -0.2) is 50.1 Å². The summed E-state index contributed by atoms with van der Waals surface area (Å²) in [6.07, 6.45) is 0. The second-order valence-electron chi connectivity index (χ2n) is 5.26. The molecule has 0 aliphatic carbocycles. The maximum absolute atomic E-state index is 11.9. The molecule has 1 aromatic rings. The Bertz CT molecular complexity index is 428. The lowest BCUT2D eigenvalue weighted by Gasteiger charge is -2.26. The molecule has 0 atom stereocenters. The first-order valence-electron chi connectivity index (χ1n) is 7.63. The lowest BCUT2D eigenvalue weighted by Crippen LogP contribution is -2.47. The van der Waals surface area contributed by atoms with E-state index in [2.05, 4.69) is 15.5 Å². The number of piperazine rings is 1. The van der Waals surface area contributed by atoms with Crippen molar-refractivity contribution in [3.8, 4) is 0 Å². The van der Waals surface area contributed by atoms with Crippen LogP contribution in [0.3, 0.4) is 0 Å². The molecule has 1 aromatic carbocycles. The monoisotopic (exact) mass is 291 g/mol. The van der Waals surface area contributed by atoms with Crippen LogP contribution < -0.4 is 10.6 Å². The molecule has 2 rings (SSSR count). The largest absolute Gasteiger partial charge is 0.377 e. The third-order valence-electron chi connectivity index (χ3n) is 3.56. The number of nitrogens with zero attached hydrogens (tertiary/aromatic N) is 1. The highest BCUT2D eigenvalue weighted by Crippen LogP contribution is 2.05. The lowest BCUT2D eigenvalue weighted by atomic mass is 10.1. The van der Waals surface area contributed by atoms with Gasteiger partial charge in [0.2, 0.25) is 5.91 Å². The number of rotatable bonds is 7. The topological polar surface area (TPSA) is 53.6 Å². The van der Waals surface area contributed by atoms with Crippen molar-refractivity contribution in [3.63, 3.8) is 0 Å². The van der Waals surface area contributed by atoms with Crippen molar-refractivity contribution in [1.82, 2.24) is 15.5 Å². The van der Waals surface area contributed by atoms with Crippen LogP contribution in [0.15, 0.2) is 24.3 Å². The quantitative estimate of drug-likeness (QED) is 0.778. The zero-order valence-corrected chi connectivity index (χ0v) is 12.7. The first-order chi connectivity index (χ1) is 10.3. The predicted octanol–water partition coefficient (Wildman–Crippen LogP) is 0.745. The van der Waals surface area contributed by atoms with E-state index in [4.69, 9.17) is 4.74 Å². The van der Waals surface area contributed by atoms with Crippen molar-refractivity contribution in [1.29, 1.82) is 0 Å². The Kier molecular flexibility index (Phi) is 6.66. The molecule has 5 heteroatoms. The van der Waals surface area contributed by atoms with Crippen LogP contribution in [0.2, 0.25) is 0 Å². The van der Waals surface area contributed by atoms with Gasteiger partial charge in [-0.05, 0) is 18.1 Å². The summed E-state index contributed by atoms with van der Waals surface area (Å²) in [6.45, 7) is 8.25. The average Bonchev–Trinajstić information content (AvgIpc) is 2.53. The van der Waals surface area contributed by atoms with Crippen LogP contribution >= 0.6 is 0 Å². The first-order valence-corrected chi connectivity index (χ1v) is 7.63. The standard InChI is InChI=1S/C16H25N3O2/c1-2-21-13-15-5-3-14(4-6-15)11-18-16(20)12-19-9-7-17-8-10-19/h3-6,17H,2,7-13H2,1H3,(H,18,20). The fourth-order valence-corrected chi connectivity index (χ4v) is 2.30. The van der Waals surface area contributed by atoms with Crippen LogP contribution in [0.4, 0.5) is 0 Å². The van der Waals surface area contributed by atoms with Gasteiger partial charge in [-0.2, -0.15) is 0 Å². The molecule has 1 aliphatic heterocycles. The zero-order valence-electron chi connectivity index (χ0n) is 12.7. The molecule has 0 unspecified atom stereocenters. The van der Waals surface area contributed by atoms with Gasteiger partial charge in [0.15, 0.2) is 0 Å². The van der Waals surface area contributed by atoms with E-state index in [1.165, 1.54) is 0 Å². The van der Waals surface area contributed by atoms with Gasteiger partial charge in [-0.15, -0.1) is 0 Å². The minimum absolute atomic E-state index is 0.0929. The van der Waals surface area contributed by atoms with Gasteiger partial charge in [0.05, 0.1) is 13.2 Å². The Morgan fingerprint density at radius 1 is 1.24 bits per heavy atom. The number of hydrogen-bond donors (Lipinski definition) is 2. The molecule has 1 heterocycles. The Hall–Kier alpha value is -1.43. The number of hydrogen-bond acceptors (Lipinski definition) is 4. The van der Waals surface area contributed by atoms with E-state index in [0.717, 1.165) is 43.9 Å². The maximum Gasteiger partial charge on any atom is 0.234 e. The van der Waals surface area contributed by atoms with Gasteiger partial charge in [0.1, 0.15) is 0 Å². The average molecular weight is 291 g/mol. The van der Waals surface area contributed by atoms with Crippen molar-refractivity contribution < 1.29 is 9.53 Å². The molecule has 116 valence electrons. The second-order valence-corrected chi connectivity index (χ2v) is 5.26. The molecule has 1 amide bonds. The molecule has 1 saturated heterocycles. The van der Waals surface area contributed by atoms with Gasteiger partial charge in [-0.3, -0.25) is 9.69 Å². The molecule has 0 radical (unpaired) electrons. The van der Waals surface area contributed by atoms with Crippen LogP contribution in [0.25, 0.3) is 0 Å². The van der Waals surface area contributed by atoms with Gasteiger partial charge in [-0.25, -0.2) is 0 Å². The molecule has 1 fully saturated rings. The van der Waals surface area contributed by atoms with E-state index in [-0.39, 0.29) is 5.91 Å². The highest BCUT2D eigenvalue weighted by atomic mass is 16.5. The van der Waals surface area contributed by atoms with E-state index in [9.17, 15) is 4.79 Å². The molecule has 21 heavy (non-hydrogen) atoms. The Morgan fingerprint density at radius 3 is 2.57 bits per heavy atom. The summed E-state index contributed by atoms with van der Waals surface area (Å²) < 4.78 is 5.36. The molecule has 0 spiro atoms. The molecule has 1 aliphatic rings. The molecule has 2 N–H and O–H groups in total.